The van der Waals surface area contributed by atoms with Gasteiger partial charge in [0.2, 0.25) is 0 Å². The molecule has 0 aliphatic rings. The van der Waals surface area contributed by atoms with Gasteiger partial charge in [-0.3, -0.25) is 4.79 Å². The van der Waals surface area contributed by atoms with Crippen LogP contribution in [0.5, 0.6) is 0 Å². The van der Waals surface area contributed by atoms with Crippen LogP contribution in [-0.2, 0) is 4.79 Å². The summed E-state index contributed by atoms with van der Waals surface area (Å²) in [5.41, 5.74) is 0. The number of hydrogen-bond acceptors (Lipinski definition) is 1. The maximum atomic E-state index is 11.3. The number of unbranched alkanes of at least 4 members (excludes halogenated alkanes) is 8. The minimum absolute atomic E-state index is 0.454. The molecule has 0 fully saturated rings. The Kier molecular flexibility index (Phi) is 14.5. The van der Waals surface area contributed by atoms with Crippen LogP contribution in [0.3, 0.4) is 0 Å². The topological polar surface area (TPSA) is 17.1 Å². The number of hydrogen-bond donors (Lipinski definition) is 0. The number of rotatable bonds is 14. The monoisotopic (exact) mass is 264 g/mol. The molecule has 0 aromatic heterocycles. The predicted molar refractivity (Wildman–Crippen MR) is 85.4 cm³/mol. The molecule has 19 heavy (non-hydrogen) atoms. The fourth-order valence-electron chi connectivity index (χ4n) is 2.24. The zero-order valence-electron chi connectivity index (χ0n) is 12.8. The van der Waals surface area contributed by atoms with Crippen LogP contribution in [0.15, 0.2) is 24.8 Å². The van der Waals surface area contributed by atoms with Crippen LogP contribution in [0, 0.1) is 0 Å². The van der Waals surface area contributed by atoms with Crippen molar-refractivity contribution in [3.63, 3.8) is 0 Å². The van der Waals surface area contributed by atoms with Gasteiger partial charge in [0.25, 0.3) is 0 Å². The van der Waals surface area contributed by atoms with E-state index in [9.17, 15) is 4.79 Å². The maximum absolute atomic E-state index is 11.3. The summed E-state index contributed by atoms with van der Waals surface area (Å²) in [6.45, 7) is 5.73. The lowest BCUT2D eigenvalue weighted by Crippen LogP contribution is -1.96. The van der Waals surface area contributed by atoms with E-state index in [2.05, 4.69) is 19.6 Å². The van der Waals surface area contributed by atoms with E-state index >= 15 is 0 Å². The summed E-state index contributed by atoms with van der Waals surface area (Å²) in [7, 11) is 0. The highest BCUT2D eigenvalue weighted by Gasteiger charge is 1.99. The first-order valence-electron chi connectivity index (χ1n) is 8.10. The van der Waals surface area contributed by atoms with Gasteiger partial charge in [-0.2, -0.15) is 0 Å². The number of allylic oxidation sites excluding steroid dienone is 3. The maximum Gasteiger partial charge on any atom is 0.132 e. The second-order valence-electron chi connectivity index (χ2n) is 5.32. The van der Waals surface area contributed by atoms with Gasteiger partial charge in [0.15, 0.2) is 0 Å². The molecule has 0 aromatic carbocycles. The first kappa shape index (κ1) is 18.1. The molecular weight excluding hydrogens is 232 g/mol. The zero-order chi connectivity index (χ0) is 14.2. The molecule has 0 aliphatic carbocycles. The van der Waals surface area contributed by atoms with Crippen molar-refractivity contribution in [3.8, 4) is 0 Å². The lowest BCUT2D eigenvalue weighted by molar-refractivity contribution is -0.119. The summed E-state index contributed by atoms with van der Waals surface area (Å²) < 4.78 is 0. The third kappa shape index (κ3) is 15.1. The normalized spacial score (nSPS) is 11.0. The van der Waals surface area contributed by atoms with Crippen LogP contribution in [0.4, 0.5) is 0 Å². The van der Waals surface area contributed by atoms with Crippen LogP contribution >= 0.6 is 0 Å². The van der Waals surface area contributed by atoms with Gasteiger partial charge in [-0.15, -0.1) is 0 Å². The van der Waals surface area contributed by atoms with E-state index < -0.39 is 0 Å². The third-order valence-electron chi connectivity index (χ3n) is 3.38. The van der Waals surface area contributed by atoms with E-state index in [1.54, 1.807) is 0 Å². The second-order valence-corrected chi connectivity index (χ2v) is 5.32. The number of ketones is 1. The van der Waals surface area contributed by atoms with Crippen LogP contribution in [-0.4, -0.2) is 5.78 Å². The van der Waals surface area contributed by atoms with Gasteiger partial charge >= 0.3 is 0 Å². The molecular formula is C18H32O. The van der Waals surface area contributed by atoms with Gasteiger partial charge in [0.1, 0.15) is 5.78 Å². The third-order valence-corrected chi connectivity index (χ3v) is 3.38. The van der Waals surface area contributed by atoms with Crippen molar-refractivity contribution >= 4 is 5.78 Å². The van der Waals surface area contributed by atoms with E-state index in [1.807, 2.05) is 12.2 Å². The van der Waals surface area contributed by atoms with E-state index in [1.165, 1.54) is 51.4 Å². The molecule has 0 spiro atoms. The van der Waals surface area contributed by atoms with Gasteiger partial charge < -0.3 is 0 Å². The van der Waals surface area contributed by atoms with Crippen molar-refractivity contribution in [2.75, 3.05) is 0 Å². The predicted octanol–water partition coefficient (Wildman–Crippen LogP) is 6.00. The Bertz CT molecular complexity index is 240. The number of carbonyl (C=O) groups excluding carboxylic acids is 1. The zero-order valence-corrected chi connectivity index (χ0v) is 12.8. The van der Waals surface area contributed by atoms with E-state index in [0.29, 0.717) is 5.78 Å². The van der Waals surface area contributed by atoms with E-state index in [4.69, 9.17) is 0 Å². The second kappa shape index (κ2) is 15.2. The molecule has 0 atom stereocenters. The molecule has 0 aromatic rings. The molecule has 0 bridgehead atoms. The molecule has 0 aliphatic heterocycles. The van der Waals surface area contributed by atoms with E-state index in [-0.39, 0.29) is 0 Å². The molecule has 0 radical (unpaired) electrons. The first-order chi connectivity index (χ1) is 9.31. The summed E-state index contributed by atoms with van der Waals surface area (Å²) >= 11 is 0. The number of carbonyl (C=O) groups is 1. The van der Waals surface area contributed by atoms with Crippen LogP contribution < -0.4 is 0 Å². The lowest BCUT2D eigenvalue weighted by Gasteiger charge is -2.01. The van der Waals surface area contributed by atoms with Crippen LogP contribution in [0.1, 0.15) is 84.0 Å². The molecule has 0 N–H and O–H groups in total. The van der Waals surface area contributed by atoms with Gasteiger partial charge in [-0.25, -0.2) is 0 Å². The Hall–Kier alpha value is -0.850. The quantitative estimate of drug-likeness (QED) is 0.278. The molecule has 0 heterocycles. The summed E-state index contributed by atoms with van der Waals surface area (Å²) in [6, 6.07) is 0. The van der Waals surface area contributed by atoms with Gasteiger partial charge in [-0.1, -0.05) is 70.3 Å². The molecule has 0 saturated heterocycles. The standard InChI is InChI=1S/C18H32O/c1-3-5-6-7-8-9-10-11-12-13-14-15-17-18(19)16-4-2/h3,5-6H,1,4,7-17H2,2H3. The molecule has 1 heteroatoms. The number of Topliss-reactive ketones (excluding diaryl/α,β-unsaturated/α-hetero) is 1. The molecule has 110 valence electrons. The van der Waals surface area contributed by atoms with Gasteiger partial charge in [0, 0.05) is 12.8 Å². The first-order valence-corrected chi connectivity index (χ1v) is 8.10. The fourth-order valence-corrected chi connectivity index (χ4v) is 2.24. The minimum Gasteiger partial charge on any atom is -0.300 e. The summed E-state index contributed by atoms with van der Waals surface area (Å²) in [5, 5.41) is 0. The Morgan fingerprint density at radius 3 is 2.05 bits per heavy atom. The lowest BCUT2D eigenvalue weighted by atomic mass is 10.0. The Labute approximate surface area is 120 Å². The molecule has 0 amide bonds. The molecule has 0 saturated carbocycles. The molecule has 0 unspecified atom stereocenters. The van der Waals surface area contributed by atoms with Crippen molar-refractivity contribution < 1.29 is 4.79 Å². The molecule has 0 rings (SSSR count). The highest BCUT2D eigenvalue weighted by atomic mass is 16.1. The van der Waals surface area contributed by atoms with Gasteiger partial charge in [0.05, 0.1) is 0 Å². The van der Waals surface area contributed by atoms with E-state index in [0.717, 1.165) is 25.7 Å². The summed E-state index contributed by atoms with van der Waals surface area (Å²) in [5.74, 6) is 0.454. The van der Waals surface area contributed by atoms with Crippen molar-refractivity contribution in [1.29, 1.82) is 0 Å². The Morgan fingerprint density at radius 2 is 1.47 bits per heavy atom. The smallest absolute Gasteiger partial charge is 0.132 e. The Balaban J connectivity index is 3.08. The highest BCUT2D eigenvalue weighted by molar-refractivity contribution is 5.78. The summed E-state index contributed by atoms with van der Waals surface area (Å²) in [4.78, 5) is 11.3. The minimum atomic E-state index is 0.454. The van der Waals surface area contributed by atoms with Crippen LogP contribution in [0.25, 0.3) is 0 Å². The fraction of sp³-hybridized carbons (Fsp3) is 0.722. The highest BCUT2D eigenvalue weighted by Crippen LogP contribution is 2.11. The largest absolute Gasteiger partial charge is 0.300 e. The van der Waals surface area contributed by atoms with Crippen molar-refractivity contribution in [2.24, 2.45) is 0 Å². The van der Waals surface area contributed by atoms with Crippen molar-refractivity contribution in [2.45, 2.75) is 84.0 Å². The average molecular weight is 264 g/mol. The summed E-state index contributed by atoms with van der Waals surface area (Å²) in [6.07, 6.45) is 20.2. The van der Waals surface area contributed by atoms with Crippen molar-refractivity contribution in [3.05, 3.63) is 24.8 Å². The Morgan fingerprint density at radius 1 is 0.895 bits per heavy atom. The SMILES string of the molecule is C=CC=CCCCCCCCCCCC(=O)CCC. The van der Waals surface area contributed by atoms with Gasteiger partial charge in [-0.05, 0) is 25.7 Å². The average Bonchev–Trinajstić information content (AvgIpc) is 2.40. The molecule has 1 nitrogen and oxygen atoms in total. The van der Waals surface area contributed by atoms with Crippen LogP contribution in [0.2, 0.25) is 0 Å². The van der Waals surface area contributed by atoms with Crippen molar-refractivity contribution in [1.82, 2.24) is 0 Å².